The Hall–Kier alpha value is -3.59. The minimum absolute atomic E-state index is 0.146. The molecule has 0 atom stereocenters. The van der Waals surface area contributed by atoms with E-state index in [0.717, 1.165) is 16.8 Å². The lowest BCUT2D eigenvalue weighted by Crippen LogP contribution is -2.31. The van der Waals surface area contributed by atoms with Crippen molar-refractivity contribution < 1.29 is 14.3 Å². The second-order valence-corrected chi connectivity index (χ2v) is 7.88. The van der Waals surface area contributed by atoms with Gasteiger partial charge in [-0.1, -0.05) is 50.2 Å². The Morgan fingerprint density at radius 3 is 2.16 bits per heavy atom. The van der Waals surface area contributed by atoms with Crippen LogP contribution in [0, 0.1) is 11.3 Å². The van der Waals surface area contributed by atoms with E-state index < -0.39 is 12.6 Å². The Balaban J connectivity index is 1.93. The van der Waals surface area contributed by atoms with Crippen molar-refractivity contribution in [1.29, 1.82) is 5.26 Å². The molecule has 0 saturated carbocycles. The highest BCUT2D eigenvalue weighted by molar-refractivity contribution is 5.98. The molecule has 6 heteroatoms. The molecule has 0 fully saturated rings. The zero-order valence-corrected chi connectivity index (χ0v) is 18.8. The summed E-state index contributed by atoms with van der Waals surface area (Å²) in [6.07, 6.45) is 1.47. The van der Waals surface area contributed by atoms with Crippen molar-refractivity contribution in [1.82, 2.24) is 4.90 Å². The van der Waals surface area contributed by atoms with Gasteiger partial charge in [0.2, 0.25) is 0 Å². The molecule has 2 rings (SSSR count). The quantitative estimate of drug-likeness (QED) is 0.368. The molecule has 0 aliphatic carbocycles. The number of esters is 1. The average molecular weight is 420 g/mol. The van der Waals surface area contributed by atoms with Crippen LogP contribution in [-0.2, 0) is 20.9 Å². The summed E-state index contributed by atoms with van der Waals surface area (Å²) in [5.41, 5.74) is 3.79. The summed E-state index contributed by atoms with van der Waals surface area (Å²) in [7, 11) is 5.57. The fraction of sp³-hybridized carbons (Fsp3) is 0.320. The second-order valence-electron chi connectivity index (χ2n) is 7.88. The number of ether oxygens (including phenoxy) is 1. The van der Waals surface area contributed by atoms with Crippen LogP contribution in [0.3, 0.4) is 0 Å². The third-order valence-corrected chi connectivity index (χ3v) is 4.88. The van der Waals surface area contributed by atoms with E-state index in [0.29, 0.717) is 12.5 Å². The molecule has 0 saturated heterocycles. The Kier molecular flexibility index (Phi) is 8.39. The van der Waals surface area contributed by atoms with Gasteiger partial charge < -0.3 is 14.5 Å². The van der Waals surface area contributed by atoms with Gasteiger partial charge >= 0.3 is 5.97 Å². The monoisotopic (exact) mass is 419 g/mol. The Morgan fingerprint density at radius 1 is 1.03 bits per heavy atom. The first-order chi connectivity index (χ1) is 14.7. The highest BCUT2D eigenvalue weighted by Crippen LogP contribution is 2.17. The number of rotatable bonds is 8. The van der Waals surface area contributed by atoms with Crippen LogP contribution in [0.15, 0.2) is 54.1 Å². The zero-order valence-electron chi connectivity index (χ0n) is 18.8. The van der Waals surface area contributed by atoms with E-state index in [9.17, 15) is 14.9 Å². The average Bonchev–Trinajstić information content (AvgIpc) is 2.76. The third kappa shape index (κ3) is 7.00. The highest BCUT2D eigenvalue weighted by Gasteiger charge is 2.16. The van der Waals surface area contributed by atoms with Gasteiger partial charge in [-0.2, -0.15) is 5.26 Å². The Morgan fingerprint density at radius 2 is 1.65 bits per heavy atom. The summed E-state index contributed by atoms with van der Waals surface area (Å²) in [5.74, 6) is -0.761. The van der Waals surface area contributed by atoms with E-state index in [-0.39, 0.29) is 11.5 Å². The molecule has 2 aromatic carbocycles. The Labute approximate surface area is 184 Å². The molecule has 0 aliphatic rings. The van der Waals surface area contributed by atoms with Crippen LogP contribution in [0.25, 0.3) is 6.08 Å². The van der Waals surface area contributed by atoms with Gasteiger partial charge in [-0.25, -0.2) is 4.79 Å². The number of hydrogen-bond donors (Lipinski definition) is 0. The van der Waals surface area contributed by atoms with Gasteiger partial charge in [-0.3, -0.25) is 4.79 Å². The van der Waals surface area contributed by atoms with Crippen LogP contribution in [0.5, 0.6) is 0 Å². The van der Waals surface area contributed by atoms with E-state index in [1.54, 1.807) is 7.05 Å². The molecule has 0 radical (unpaired) electrons. The minimum Gasteiger partial charge on any atom is -0.451 e. The number of likely N-dealkylation sites (N-methyl/N-ethyl adjacent to an activating group) is 1. The van der Waals surface area contributed by atoms with Crippen molar-refractivity contribution in [2.75, 3.05) is 32.6 Å². The lowest BCUT2D eigenvalue weighted by molar-refractivity contribution is -0.148. The second kappa shape index (κ2) is 11.0. The van der Waals surface area contributed by atoms with Crippen LogP contribution in [0.4, 0.5) is 5.69 Å². The molecule has 0 bridgehead atoms. The van der Waals surface area contributed by atoms with Crippen LogP contribution in [-0.4, -0.2) is 44.5 Å². The van der Waals surface area contributed by atoms with Crippen molar-refractivity contribution in [2.24, 2.45) is 0 Å². The molecular formula is C25H29N3O3. The first-order valence-electron chi connectivity index (χ1n) is 10.1. The lowest BCUT2D eigenvalue weighted by atomic mass is 10.0. The SMILES string of the molecule is CC(C)c1ccc(/C=C(\C#N)C(=O)OCC(=O)N(C)Cc2ccc(N(C)C)cc2)cc1. The van der Waals surface area contributed by atoms with Crippen LogP contribution in [0.2, 0.25) is 0 Å². The summed E-state index contributed by atoms with van der Waals surface area (Å²) in [6.45, 7) is 4.16. The summed E-state index contributed by atoms with van der Waals surface area (Å²) in [4.78, 5) is 28.1. The molecule has 1 amide bonds. The van der Waals surface area contributed by atoms with Crippen molar-refractivity contribution in [2.45, 2.75) is 26.3 Å². The van der Waals surface area contributed by atoms with Gasteiger partial charge in [0, 0.05) is 33.4 Å². The summed E-state index contributed by atoms with van der Waals surface area (Å²) >= 11 is 0. The molecule has 31 heavy (non-hydrogen) atoms. The molecule has 0 aliphatic heterocycles. The summed E-state index contributed by atoms with van der Waals surface area (Å²) in [6, 6.07) is 17.3. The Bertz CT molecular complexity index is 969. The normalized spacial score (nSPS) is 11.1. The fourth-order valence-electron chi connectivity index (χ4n) is 2.86. The third-order valence-electron chi connectivity index (χ3n) is 4.88. The molecule has 6 nitrogen and oxygen atoms in total. The highest BCUT2D eigenvalue weighted by atomic mass is 16.5. The molecule has 162 valence electrons. The first-order valence-corrected chi connectivity index (χ1v) is 10.1. The topological polar surface area (TPSA) is 73.6 Å². The van der Waals surface area contributed by atoms with Crippen molar-refractivity contribution >= 4 is 23.6 Å². The van der Waals surface area contributed by atoms with E-state index >= 15 is 0 Å². The first kappa shape index (κ1) is 23.7. The molecular weight excluding hydrogens is 390 g/mol. The number of hydrogen-bond acceptors (Lipinski definition) is 5. The van der Waals surface area contributed by atoms with E-state index in [1.165, 1.54) is 16.5 Å². The maximum atomic E-state index is 12.3. The molecule has 0 spiro atoms. The van der Waals surface area contributed by atoms with Gasteiger partial charge in [-0.15, -0.1) is 0 Å². The van der Waals surface area contributed by atoms with Gasteiger partial charge in [0.15, 0.2) is 6.61 Å². The largest absolute Gasteiger partial charge is 0.451 e. The van der Waals surface area contributed by atoms with Crippen LogP contribution < -0.4 is 4.90 Å². The minimum atomic E-state index is -0.812. The van der Waals surface area contributed by atoms with Crippen molar-refractivity contribution in [3.8, 4) is 6.07 Å². The number of benzene rings is 2. The van der Waals surface area contributed by atoms with Gasteiger partial charge in [0.05, 0.1) is 0 Å². The van der Waals surface area contributed by atoms with Gasteiger partial charge in [0.25, 0.3) is 5.91 Å². The van der Waals surface area contributed by atoms with Gasteiger partial charge in [0.1, 0.15) is 11.6 Å². The number of carbonyl (C=O) groups is 2. The van der Waals surface area contributed by atoms with E-state index in [4.69, 9.17) is 4.74 Å². The fourth-order valence-corrected chi connectivity index (χ4v) is 2.86. The number of nitriles is 1. The van der Waals surface area contributed by atoms with Crippen molar-refractivity contribution in [3.05, 3.63) is 70.8 Å². The summed E-state index contributed by atoms with van der Waals surface area (Å²) in [5, 5.41) is 9.31. The summed E-state index contributed by atoms with van der Waals surface area (Å²) < 4.78 is 5.07. The number of amides is 1. The molecule has 0 heterocycles. The van der Waals surface area contributed by atoms with Crippen molar-refractivity contribution in [3.63, 3.8) is 0 Å². The van der Waals surface area contributed by atoms with E-state index in [1.807, 2.05) is 73.6 Å². The predicted octanol–water partition coefficient (Wildman–Crippen LogP) is 3.98. The smallest absolute Gasteiger partial charge is 0.349 e. The van der Waals surface area contributed by atoms with Gasteiger partial charge in [-0.05, 0) is 40.8 Å². The molecule has 2 aromatic rings. The van der Waals surface area contributed by atoms with Crippen LogP contribution >= 0.6 is 0 Å². The maximum absolute atomic E-state index is 12.3. The van der Waals surface area contributed by atoms with Crippen LogP contribution in [0.1, 0.15) is 36.5 Å². The molecule has 0 aromatic heterocycles. The zero-order chi connectivity index (χ0) is 23.0. The standard InChI is InChI=1S/C25H29N3O3/c1-18(2)21-10-6-19(7-11-21)14-22(15-26)25(30)31-17-24(29)28(5)16-20-8-12-23(13-9-20)27(3)4/h6-14,18H,16-17H2,1-5H3/b22-14+. The number of anilines is 1. The molecule has 0 N–H and O–H groups in total. The predicted molar refractivity (Wildman–Crippen MR) is 122 cm³/mol. The van der Waals surface area contributed by atoms with E-state index in [2.05, 4.69) is 13.8 Å². The number of nitrogens with zero attached hydrogens (tertiary/aromatic N) is 3. The molecule has 0 unspecified atom stereocenters. The lowest BCUT2D eigenvalue weighted by Gasteiger charge is -2.18. The number of carbonyl (C=O) groups excluding carboxylic acids is 2. The maximum Gasteiger partial charge on any atom is 0.349 e.